The summed E-state index contributed by atoms with van der Waals surface area (Å²) in [5, 5.41) is 3.55. The fourth-order valence-corrected chi connectivity index (χ4v) is 5.84. The molecule has 2 heterocycles. The van der Waals surface area contributed by atoms with Crippen molar-refractivity contribution in [2.45, 2.75) is 44.7 Å². The summed E-state index contributed by atoms with van der Waals surface area (Å²) >= 11 is 0. The van der Waals surface area contributed by atoms with Crippen LogP contribution in [0.5, 0.6) is 0 Å². The van der Waals surface area contributed by atoms with Gasteiger partial charge in [-0.2, -0.15) is 0 Å². The summed E-state index contributed by atoms with van der Waals surface area (Å²) in [5.74, 6) is 3.18. The molecular formula is C21H40N6. The molecule has 0 radical (unpaired) electrons. The Labute approximate surface area is 165 Å². The third-order valence-corrected chi connectivity index (χ3v) is 7.55. The molecule has 6 heteroatoms. The van der Waals surface area contributed by atoms with Gasteiger partial charge in [-0.1, -0.05) is 6.42 Å². The number of aliphatic imine (C=N–C) groups is 1. The minimum atomic E-state index is 0.535. The van der Waals surface area contributed by atoms with Crippen LogP contribution in [0.3, 0.4) is 0 Å². The molecule has 4 unspecified atom stereocenters. The SMILES string of the molecule is CCNC(=NCC1CN(C)CCN1C)N1CCN(C2CC3CCC2C3)CC1. The van der Waals surface area contributed by atoms with Crippen molar-refractivity contribution >= 4 is 5.96 Å². The van der Waals surface area contributed by atoms with Crippen molar-refractivity contribution in [3.05, 3.63) is 0 Å². The lowest BCUT2D eigenvalue weighted by molar-refractivity contribution is 0.0952. The van der Waals surface area contributed by atoms with Crippen molar-refractivity contribution in [1.29, 1.82) is 0 Å². The van der Waals surface area contributed by atoms with Crippen LogP contribution in [0.2, 0.25) is 0 Å². The van der Waals surface area contributed by atoms with Gasteiger partial charge in [0.05, 0.1) is 6.54 Å². The van der Waals surface area contributed by atoms with Gasteiger partial charge >= 0.3 is 0 Å². The molecule has 6 nitrogen and oxygen atoms in total. The normalized spacial score (nSPS) is 36.6. The summed E-state index contributed by atoms with van der Waals surface area (Å²) in [4.78, 5) is 15.3. The van der Waals surface area contributed by atoms with Crippen LogP contribution < -0.4 is 5.32 Å². The van der Waals surface area contributed by atoms with E-state index in [4.69, 9.17) is 4.99 Å². The summed E-state index contributed by atoms with van der Waals surface area (Å²) in [6, 6.07) is 1.42. The van der Waals surface area contributed by atoms with Gasteiger partial charge in [-0.25, -0.2) is 0 Å². The summed E-state index contributed by atoms with van der Waals surface area (Å²) in [6.07, 6.45) is 5.98. The highest BCUT2D eigenvalue weighted by Gasteiger charge is 2.42. The standard InChI is InChI=1S/C21H40N6/c1-4-22-21(23-15-19-16-24(2)7-8-25(19)3)27-11-9-26(10-12-27)20-14-17-5-6-18(20)13-17/h17-20H,4-16H2,1-3H3,(H,22,23). The van der Waals surface area contributed by atoms with Crippen LogP contribution >= 0.6 is 0 Å². The van der Waals surface area contributed by atoms with E-state index in [1.807, 2.05) is 0 Å². The Hall–Kier alpha value is -0.850. The molecule has 0 aromatic heterocycles. The topological polar surface area (TPSA) is 37.4 Å². The summed E-state index contributed by atoms with van der Waals surface area (Å²) < 4.78 is 0. The van der Waals surface area contributed by atoms with Crippen LogP contribution in [0.1, 0.15) is 32.6 Å². The molecule has 2 saturated heterocycles. The van der Waals surface area contributed by atoms with E-state index in [0.29, 0.717) is 6.04 Å². The number of piperazine rings is 2. The van der Waals surface area contributed by atoms with Gasteiger partial charge in [-0.05, 0) is 52.1 Å². The summed E-state index contributed by atoms with van der Waals surface area (Å²) in [7, 11) is 4.47. The van der Waals surface area contributed by atoms with E-state index >= 15 is 0 Å². The highest BCUT2D eigenvalue weighted by atomic mass is 15.4. The Balaban J connectivity index is 1.31. The number of likely N-dealkylation sites (N-methyl/N-ethyl adjacent to an activating group) is 2. The van der Waals surface area contributed by atoms with Crippen LogP contribution in [0.25, 0.3) is 0 Å². The van der Waals surface area contributed by atoms with Crippen LogP contribution in [0.15, 0.2) is 4.99 Å². The van der Waals surface area contributed by atoms with Crippen molar-refractivity contribution in [1.82, 2.24) is 24.9 Å². The molecule has 2 saturated carbocycles. The van der Waals surface area contributed by atoms with E-state index in [-0.39, 0.29) is 0 Å². The van der Waals surface area contributed by atoms with Gasteiger partial charge in [0.2, 0.25) is 0 Å². The Morgan fingerprint density at radius 3 is 2.48 bits per heavy atom. The average molecular weight is 377 g/mol. The lowest BCUT2D eigenvalue weighted by Gasteiger charge is -2.42. The molecule has 0 amide bonds. The number of rotatable bonds is 4. The van der Waals surface area contributed by atoms with Crippen molar-refractivity contribution < 1.29 is 0 Å². The van der Waals surface area contributed by atoms with Gasteiger partial charge in [-0.3, -0.25) is 14.8 Å². The van der Waals surface area contributed by atoms with Crippen LogP contribution in [-0.4, -0.2) is 111 Å². The first-order valence-electron chi connectivity index (χ1n) is 11.3. The molecule has 4 atom stereocenters. The lowest BCUT2D eigenvalue weighted by Crippen LogP contribution is -2.56. The molecule has 4 rings (SSSR count). The van der Waals surface area contributed by atoms with Gasteiger partial charge in [0.1, 0.15) is 0 Å². The van der Waals surface area contributed by atoms with E-state index in [9.17, 15) is 0 Å². The monoisotopic (exact) mass is 376 g/mol. The average Bonchev–Trinajstić information content (AvgIpc) is 3.31. The Morgan fingerprint density at radius 1 is 1.00 bits per heavy atom. The van der Waals surface area contributed by atoms with Crippen molar-refractivity contribution in [2.75, 3.05) is 73.0 Å². The molecular weight excluding hydrogens is 336 g/mol. The molecule has 27 heavy (non-hydrogen) atoms. The van der Waals surface area contributed by atoms with Crippen molar-refractivity contribution in [3.8, 4) is 0 Å². The van der Waals surface area contributed by atoms with E-state index in [1.165, 1.54) is 45.3 Å². The molecule has 0 spiro atoms. The predicted molar refractivity (Wildman–Crippen MR) is 112 cm³/mol. The third kappa shape index (κ3) is 4.43. The fourth-order valence-electron chi connectivity index (χ4n) is 5.84. The molecule has 4 aliphatic rings. The second-order valence-corrected chi connectivity index (χ2v) is 9.36. The highest BCUT2D eigenvalue weighted by molar-refractivity contribution is 5.80. The summed E-state index contributed by atoms with van der Waals surface area (Å²) in [5.41, 5.74) is 0. The van der Waals surface area contributed by atoms with Crippen LogP contribution in [0, 0.1) is 11.8 Å². The van der Waals surface area contributed by atoms with Crippen LogP contribution in [-0.2, 0) is 0 Å². The van der Waals surface area contributed by atoms with E-state index < -0.39 is 0 Å². The maximum absolute atomic E-state index is 5.05. The second kappa shape index (κ2) is 8.66. The van der Waals surface area contributed by atoms with Gasteiger partial charge < -0.3 is 15.1 Å². The number of nitrogens with one attached hydrogen (secondary N) is 1. The number of nitrogens with zero attached hydrogens (tertiary/aromatic N) is 5. The number of hydrogen-bond acceptors (Lipinski definition) is 4. The van der Waals surface area contributed by atoms with Gasteiger partial charge in [0, 0.05) is 64.4 Å². The van der Waals surface area contributed by atoms with E-state index in [2.05, 4.69) is 45.9 Å². The first kappa shape index (κ1) is 19.5. The van der Waals surface area contributed by atoms with Crippen molar-refractivity contribution in [3.63, 3.8) is 0 Å². The fraction of sp³-hybridized carbons (Fsp3) is 0.952. The quantitative estimate of drug-likeness (QED) is 0.585. The Morgan fingerprint density at radius 2 is 1.81 bits per heavy atom. The third-order valence-electron chi connectivity index (χ3n) is 7.55. The largest absolute Gasteiger partial charge is 0.357 e. The number of hydrogen-bond donors (Lipinski definition) is 1. The zero-order chi connectivity index (χ0) is 18.8. The number of fused-ring (bicyclic) bond motifs is 2. The van der Waals surface area contributed by atoms with Crippen LogP contribution in [0.4, 0.5) is 0 Å². The van der Waals surface area contributed by atoms with E-state index in [0.717, 1.165) is 63.1 Å². The molecule has 4 fully saturated rings. The van der Waals surface area contributed by atoms with Gasteiger partial charge in [0.15, 0.2) is 5.96 Å². The minimum absolute atomic E-state index is 0.535. The second-order valence-electron chi connectivity index (χ2n) is 9.36. The zero-order valence-electron chi connectivity index (χ0n) is 17.7. The minimum Gasteiger partial charge on any atom is -0.357 e. The van der Waals surface area contributed by atoms with Crippen molar-refractivity contribution in [2.24, 2.45) is 16.8 Å². The molecule has 154 valence electrons. The maximum atomic E-state index is 5.05. The first-order chi connectivity index (χ1) is 13.1. The Kier molecular flexibility index (Phi) is 6.25. The predicted octanol–water partition coefficient (Wildman–Crippen LogP) is 1.00. The molecule has 2 aliphatic heterocycles. The van der Waals surface area contributed by atoms with Gasteiger partial charge in [-0.15, -0.1) is 0 Å². The number of guanidine groups is 1. The zero-order valence-corrected chi connectivity index (χ0v) is 17.7. The van der Waals surface area contributed by atoms with Gasteiger partial charge in [0.25, 0.3) is 0 Å². The molecule has 2 bridgehead atoms. The maximum Gasteiger partial charge on any atom is 0.194 e. The molecule has 0 aromatic rings. The smallest absolute Gasteiger partial charge is 0.194 e. The molecule has 2 aliphatic carbocycles. The lowest BCUT2D eigenvalue weighted by atomic mass is 9.93. The van der Waals surface area contributed by atoms with E-state index in [1.54, 1.807) is 0 Å². The molecule has 0 aromatic carbocycles. The molecule has 1 N–H and O–H groups in total. The highest BCUT2D eigenvalue weighted by Crippen LogP contribution is 2.46. The summed E-state index contributed by atoms with van der Waals surface area (Å²) in [6.45, 7) is 12.1. The first-order valence-corrected chi connectivity index (χ1v) is 11.3. The Bertz CT molecular complexity index is 515.